The van der Waals surface area contributed by atoms with Crippen LogP contribution in [0.2, 0.25) is 0 Å². The molecule has 2 N–H and O–H groups in total. The summed E-state index contributed by atoms with van der Waals surface area (Å²) in [7, 11) is 1.59. The maximum absolute atomic E-state index is 12.6. The molecule has 2 aromatic carbocycles. The van der Waals surface area contributed by atoms with Gasteiger partial charge in [-0.25, -0.2) is 0 Å². The summed E-state index contributed by atoms with van der Waals surface area (Å²) in [5, 5.41) is 5.60. The molecule has 152 valence electrons. The van der Waals surface area contributed by atoms with Crippen molar-refractivity contribution in [1.29, 1.82) is 0 Å². The lowest BCUT2D eigenvalue weighted by atomic mass is 9.95. The molecule has 0 radical (unpaired) electrons. The van der Waals surface area contributed by atoms with Crippen molar-refractivity contribution in [3.63, 3.8) is 0 Å². The molecule has 3 rings (SSSR count). The number of carbonyl (C=O) groups excluding carboxylic acids is 3. The van der Waals surface area contributed by atoms with Gasteiger partial charge in [0, 0.05) is 42.9 Å². The van der Waals surface area contributed by atoms with Gasteiger partial charge in [-0.1, -0.05) is 0 Å². The quantitative estimate of drug-likeness (QED) is 0.814. The second kappa shape index (κ2) is 9.23. The normalized spacial score (nSPS) is 14.2. The van der Waals surface area contributed by atoms with Gasteiger partial charge < -0.3 is 20.3 Å². The maximum Gasteiger partial charge on any atom is 0.253 e. The second-order valence-electron chi connectivity index (χ2n) is 7.04. The van der Waals surface area contributed by atoms with Gasteiger partial charge >= 0.3 is 0 Å². The standard InChI is InChI=1S/C22H25N3O4/c1-15(26)23-18-5-7-19(8-6-18)24-21(27)16-11-13-25(14-12-16)22(28)17-3-9-20(29-2)10-4-17/h3-10,16H,11-14H2,1-2H3,(H,23,26)(H,24,27). The van der Waals surface area contributed by atoms with Crippen LogP contribution < -0.4 is 15.4 Å². The molecular weight excluding hydrogens is 370 g/mol. The Labute approximate surface area is 170 Å². The zero-order chi connectivity index (χ0) is 20.8. The number of nitrogens with zero attached hydrogens (tertiary/aromatic N) is 1. The number of carbonyl (C=O) groups is 3. The molecule has 1 aliphatic heterocycles. The third-order valence-electron chi connectivity index (χ3n) is 4.96. The first-order valence-electron chi connectivity index (χ1n) is 9.58. The molecule has 0 aliphatic carbocycles. The van der Waals surface area contributed by atoms with Gasteiger partial charge in [-0.3, -0.25) is 14.4 Å². The van der Waals surface area contributed by atoms with Crippen LogP contribution in [0.4, 0.5) is 11.4 Å². The van der Waals surface area contributed by atoms with Crippen LogP contribution in [0, 0.1) is 5.92 Å². The van der Waals surface area contributed by atoms with Crippen molar-refractivity contribution >= 4 is 29.1 Å². The number of rotatable bonds is 5. The van der Waals surface area contributed by atoms with E-state index in [-0.39, 0.29) is 23.6 Å². The smallest absolute Gasteiger partial charge is 0.253 e. The second-order valence-corrected chi connectivity index (χ2v) is 7.04. The Morgan fingerprint density at radius 2 is 1.45 bits per heavy atom. The largest absolute Gasteiger partial charge is 0.497 e. The summed E-state index contributed by atoms with van der Waals surface area (Å²) in [6.07, 6.45) is 1.25. The summed E-state index contributed by atoms with van der Waals surface area (Å²) in [6.45, 7) is 2.54. The number of nitrogens with one attached hydrogen (secondary N) is 2. The third kappa shape index (κ3) is 5.34. The Kier molecular flexibility index (Phi) is 6.49. The van der Waals surface area contributed by atoms with E-state index in [0.717, 1.165) is 0 Å². The van der Waals surface area contributed by atoms with Crippen molar-refractivity contribution in [2.45, 2.75) is 19.8 Å². The summed E-state index contributed by atoms with van der Waals surface area (Å²) in [5.74, 6) is 0.360. The summed E-state index contributed by atoms with van der Waals surface area (Å²) in [4.78, 5) is 38.0. The maximum atomic E-state index is 12.6. The molecule has 7 heteroatoms. The molecule has 0 atom stereocenters. The lowest BCUT2D eigenvalue weighted by molar-refractivity contribution is -0.121. The topological polar surface area (TPSA) is 87.7 Å². The molecule has 1 saturated heterocycles. The van der Waals surface area contributed by atoms with E-state index < -0.39 is 0 Å². The van der Waals surface area contributed by atoms with E-state index in [1.807, 2.05) is 0 Å². The number of benzene rings is 2. The SMILES string of the molecule is COc1ccc(C(=O)N2CCC(C(=O)Nc3ccc(NC(C)=O)cc3)CC2)cc1. The number of hydrogen-bond acceptors (Lipinski definition) is 4. The van der Waals surface area contributed by atoms with E-state index in [4.69, 9.17) is 4.74 Å². The van der Waals surface area contributed by atoms with Crippen LogP contribution in [0.1, 0.15) is 30.1 Å². The van der Waals surface area contributed by atoms with Crippen LogP contribution in [-0.2, 0) is 9.59 Å². The molecule has 7 nitrogen and oxygen atoms in total. The number of likely N-dealkylation sites (tertiary alicyclic amines) is 1. The minimum Gasteiger partial charge on any atom is -0.497 e. The molecule has 0 unspecified atom stereocenters. The number of ether oxygens (including phenoxy) is 1. The van der Waals surface area contributed by atoms with Gasteiger partial charge in [-0.05, 0) is 61.4 Å². The highest BCUT2D eigenvalue weighted by Gasteiger charge is 2.27. The van der Waals surface area contributed by atoms with Gasteiger partial charge in [0.15, 0.2) is 0 Å². The van der Waals surface area contributed by atoms with Crippen LogP contribution in [0.3, 0.4) is 0 Å². The first-order valence-corrected chi connectivity index (χ1v) is 9.58. The van der Waals surface area contributed by atoms with Crippen molar-refractivity contribution in [2.24, 2.45) is 5.92 Å². The fourth-order valence-electron chi connectivity index (χ4n) is 3.35. The molecule has 3 amide bonds. The van der Waals surface area contributed by atoms with Gasteiger partial charge in [0.25, 0.3) is 5.91 Å². The highest BCUT2D eigenvalue weighted by atomic mass is 16.5. The van der Waals surface area contributed by atoms with Crippen LogP contribution in [0.5, 0.6) is 5.75 Å². The summed E-state index contributed by atoms with van der Waals surface area (Å²) < 4.78 is 5.12. The summed E-state index contributed by atoms with van der Waals surface area (Å²) >= 11 is 0. The van der Waals surface area contributed by atoms with E-state index >= 15 is 0 Å². The van der Waals surface area contributed by atoms with Gasteiger partial charge in [-0.2, -0.15) is 0 Å². The lowest BCUT2D eigenvalue weighted by Gasteiger charge is -2.31. The van der Waals surface area contributed by atoms with E-state index in [1.165, 1.54) is 6.92 Å². The third-order valence-corrected chi connectivity index (χ3v) is 4.96. The Morgan fingerprint density at radius 1 is 0.897 bits per heavy atom. The van der Waals surface area contributed by atoms with Crippen LogP contribution in [-0.4, -0.2) is 42.8 Å². The number of piperidine rings is 1. The Bertz CT molecular complexity index is 870. The number of anilines is 2. The Balaban J connectivity index is 1.51. The fourth-order valence-corrected chi connectivity index (χ4v) is 3.35. The molecule has 0 saturated carbocycles. The van der Waals surface area contributed by atoms with Gasteiger partial charge in [0.05, 0.1) is 7.11 Å². The fraction of sp³-hybridized carbons (Fsp3) is 0.318. The zero-order valence-corrected chi connectivity index (χ0v) is 16.6. The van der Waals surface area contributed by atoms with E-state index in [9.17, 15) is 14.4 Å². The van der Waals surface area contributed by atoms with E-state index in [0.29, 0.717) is 48.6 Å². The molecule has 0 aromatic heterocycles. The van der Waals surface area contributed by atoms with Crippen molar-refractivity contribution in [3.05, 3.63) is 54.1 Å². The lowest BCUT2D eigenvalue weighted by Crippen LogP contribution is -2.41. The van der Waals surface area contributed by atoms with Crippen molar-refractivity contribution in [1.82, 2.24) is 4.90 Å². The number of methoxy groups -OCH3 is 1. The molecule has 1 heterocycles. The number of hydrogen-bond donors (Lipinski definition) is 2. The molecule has 29 heavy (non-hydrogen) atoms. The van der Waals surface area contributed by atoms with Crippen LogP contribution >= 0.6 is 0 Å². The monoisotopic (exact) mass is 395 g/mol. The molecule has 1 fully saturated rings. The van der Waals surface area contributed by atoms with Crippen molar-refractivity contribution < 1.29 is 19.1 Å². The average Bonchev–Trinajstić information content (AvgIpc) is 2.74. The molecule has 1 aliphatic rings. The summed E-state index contributed by atoms with van der Waals surface area (Å²) in [6, 6.07) is 14.0. The minimum absolute atomic E-state index is 0.0277. The van der Waals surface area contributed by atoms with Gasteiger partial charge in [0.2, 0.25) is 11.8 Å². The predicted molar refractivity (Wildman–Crippen MR) is 111 cm³/mol. The van der Waals surface area contributed by atoms with Gasteiger partial charge in [0.1, 0.15) is 5.75 Å². The predicted octanol–water partition coefficient (Wildman–Crippen LogP) is 3.14. The van der Waals surface area contributed by atoms with E-state index in [1.54, 1.807) is 60.5 Å². The molecule has 0 spiro atoms. The van der Waals surface area contributed by atoms with E-state index in [2.05, 4.69) is 10.6 Å². The average molecular weight is 395 g/mol. The van der Waals surface area contributed by atoms with Crippen molar-refractivity contribution in [3.8, 4) is 5.75 Å². The first-order chi connectivity index (χ1) is 14.0. The zero-order valence-electron chi connectivity index (χ0n) is 16.6. The van der Waals surface area contributed by atoms with Crippen LogP contribution in [0.15, 0.2) is 48.5 Å². The highest BCUT2D eigenvalue weighted by molar-refractivity contribution is 5.95. The minimum atomic E-state index is -0.141. The molecular formula is C22H25N3O4. The molecule has 0 bridgehead atoms. The van der Waals surface area contributed by atoms with Crippen LogP contribution in [0.25, 0.3) is 0 Å². The summed E-state index contributed by atoms with van der Waals surface area (Å²) in [5.41, 5.74) is 1.98. The van der Waals surface area contributed by atoms with Gasteiger partial charge in [-0.15, -0.1) is 0 Å². The molecule has 2 aromatic rings. The Morgan fingerprint density at radius 3 is 1.97 bits per heavy atom. The first kappa shape index (κ1) is 20.4. The highest BCUT2D eigenvalue weighted by Crippen LogP contribution is 2.22. The van der Waals surface area contributed by atoms with Crippen molar-refractivity contribution in [2.75, 3.05) is 30.8 Å². The number of amides is 3. The Hall–Kier alpha value is -3.35.